The van der Waals surface area contributed by atoms with E-state index in [0.29, 0.717) is 0 Å². The topological polar surface area (TPSA) is 51.2 Å². The van der Waals surface area contributed by atoms with Crippen molar-refractivity contribution >= 4 is 22.6 Å². The first-order valence-corrected chi connectivity index (χ1v) is 5.80. The van der Waals surface area contributed by atoms with E-state index in [-0.39, 0.29) is 12.4 Å². The normalized spacial score (nSPS) is 10.4. The number of esters is 1. The van der Waals surface area contributed by atoms with Crippen LogP contribution in [0.25, 0.3) is 10.9 Å². The van der Waals surface area contributed by atoms with E-state index in [1.54, 1.807) is 0 Å². The van der Waals surface area contributed by atoms with Crippen LogP contribution in [0, 0.1) is 6.92 Å². The number of fused-ring (bicyclic) bond motifs is 1. The molecule has 0 saturated carbocycles. The Morgan fingerprint density at radius 1 is 1.39 bits per heavy atom. The standard InChI is InChI=1S/C14H16N2O2/c1-9-11(8-13(17)18-3)14(15-2)10-6-4-5-7-12(10)16-9/h4-7H,8H2,1-3H3,(H,15,16). The number of nitrogens with zero attached hydrogens (tertiary/aromatic N) is 1. The molecule has 0 aliphatic rings. The highest BCUT2D eigenvalue weighted by atomic mass is 16.5. The Labute approximate surface area is 106 Å². The molecule has 0 saturated heterocycles. The predicted octanol–water partition coefficient (Wildman–Crippen LogP) is 2.30. The van der Waals surface area contributed by atoms with Gasteiger partial charge in [0.25, 0.3) is 0 Å². The highest BCUT2D eigenvalue weighted by molar-refractivity contribution is 5.94. The Hall–Kier alpha value is -2.10. The van der Waals surface area contributed by atoms with E-state index in [0.717, 1.165) is 27.8 Å². The lowest BCUT2D eigenvalue weighted by Gasteiger charge is -2.14. The zero-order chi connectivity index (χ0) is 13.1. The molecule has 0 fully saturated rings. The van der Waals surface area contributed by atoms with Gasteiger partial charge in [-0.2, -0.15) is 0 Å². The molecular formula is C14H16N2O2. The quantitative estimate of drug-likeness (QED) is 0.842. The number of rotatable bonds is 3. The van der Waals surface area contributed by atoms with Crippen molar-refractivity contribution in [2.45, 2.75) is 13.3 Å². The number of hydrogen-bond acceptors (Lipinski definition) is 4. The second-order valence-electron chi connectivity index (χ2n) is 4.07. The Bertz CT molecular complexity index is 594. The highest BCUT2D eigenvalue weighted by Crippen LogP contribution is 2.28. The Balaban J connectivity index is 2.64. The summed E-state index contributed by atoms with van der Waals surface area (Å²) < 4.78 is 4.73. The van der Waals surface area contributed by atoms with E-state index in [1.165, 1.54) is 7.11 Å². The Kier molecular flexibility index (Phi) is 3.46. The van der Waals surface area contributed by atoms with Gasteiger partial charge in [-0.25, -0.2) is 0 Å². The van der Waals surface area contributed by atoms with E-state index in [2.05, 4.69) is 10.3 Å². The van der Waals surface area contributed by atoms with Crippen molar-refractivity contribution in [2.75, 3.05) is 19.5 Å². The summed E-state index contributed by atoms with van der Waals surface area (Å²) in [6, 6.07) is 7.87. The molecule has 0 aliphatic carbocycles. The van der Waals surface area contributed by atoms with Gasteiger partial charge in [-0.05, 0) is 13.0 Å². The number of hydrogen-bond donors (Lipinski definition) is 1. The van der Waals surface area contributed by atoms with Gasteiger partial charge in [0, 0.05) is 29.4 Å². The van der Waals surface area contributed by atoms with Crippen LogP contribution in [0.3, 0.4) is 0 Å². The molecule has 0 spiro atoms. The first-order chi connectivity index (χ1) is 8.67. The van der Waals surface area contributed by atoms with E-state index < -0.39 is 0 Å². The zero-order valence-corrected chi connectivity index (χ0v) is 10.8. The third-order valence-electron chi connectivity index (χ3n) is 3.00. The molecule has 0 aliphatic heterocycles. The molecule has 18 heavy (non-hydrogen) atoms. The number of benzene rings is 1. The molecule has 0 amide bonds. The van der Waals surface area contributed by atoms with Gasteiger partial charge in [0.2, 0.25) is 0 Å². The molecule has 1 aromatic carbocycles. The van der Waals surface area contributed by atoms with Crippen LogP contribution in [0.15, 0.2) is 24.3 Å². The molecule has 0 bridgehead atoms. The lowest BCUT2D eigenvalue weighted by molar-refractivity contribution is -0.139. The molecule has 94 valence electrons. The van der Waals surface area contributed by atoms with E-state index in [4.69, 9.17) is 4.74 Å². The first-order valence-electron chi connectivity index (χ1n) is 5.80. The highest BCUT2D eigenvalue weighted by Gasteiger charge is 2.14. The molecule has 0 atom stereocenters. The third-order valence-corrected chi connectivity index (χ3v) is 3.00. The summed E-state index contributed by atoms with van der Waals surface area (Å²) in [6.45, 7) is 1.91. The molecule has 2 aromatic rings. The summed E-state index contributed by atoms with van der Waals surface area (Å²) in [5.41, 5.74) is 3.61. The number of carbonyl (C=O) groups excluding carboxylic acids is 1. The zero-order valence-electron chi connectivity index (χ0n) is 10.8. The summed E-state index contributed by atoms with van der Waals surface area (Å²) in [5.74, 6) is -0.258. The minimum absolute atomic E-state index is 0.232. The smallest absolute Gasteiger partial charge is 0.310 e. The summed E-state index contributed by atoms with van der Waals surface area (Å²) in [4.78, 5) is 16.0. The van der Waals surface area contributed by atoms with E-state index in [9.17, 15) is 4.79 Å². The van der Waals surface area contributed by atoms with Crippen molar-refractivity contribution in [3.8, 4) is 0 Å². The maximum atomic E-state index is 11.5. The van der Waals surface area contributed by atoms with Crippen LogP contribution < -0.4 is 5.32 Å². The van der Waals surface area contributed by atoms with Gasteiger partial charge in [-0.15, -0.1) is 0 Å². The van der Waals surface area contributed by atoms with Crippen LogP contribution in [0.1, 0.15) is 11.3 Å². The minimum atomic E-state index is -0.258. The Morgan fingerprint density at radius 2 is 2.11 bits per heavy atom. The van der Waals surface area contributed by atoms with Crippen LogP contribution in [0.5, 0.6) is 0 Å². The van der Waals surface area contributed by atoms with Gasteiger partial charge in [0.15, 0.2) is 0 Å². The van der Waals surface area contributed by atoms with Crippen molar-refractivity contribution in [3.05, 3.63) is 35.5 Å². The predicted molar refractivity (Wildman–Crippen MR) is 71.7 cm³/mol. The molecular weight excluding hydrogens is 228 g/mol. The summed E-state index contributed by atoms with van der Waals surface area (Å²) in [7, 11) is 3.24. The van der Waals surface area contributed by atoms with Crippen LogP contribution in [0.2, 0.25) is 0 Å². The summed E-state index contributed by atoms with van der Waals surface area (Å²) >= 11 is 0. The molecule has 1 heterocycles. The molecule has 1 N–H and O–H groups in total. The maximum absolute atomic E-state index is 11.5. The SMILES string of the molecule is CNc1c(CC(=O)OC)c(C)nc2ccccc12. The number of aryl methyl sites for hydroxylation is 1. The monoisotopic (exact) mass is 244 g/mol. The molecule has 0 radical (unpaired) electrons. The number of pyridine rings is 1. The van der Waals surface area contributed by atoms with Gasteiger partial charge in [0.05, 0.1) is 19.0 Å². The number of para-hydroxylation sites is 1. The fourth-order valence-corrected chi connectivity index (χ4v) is 2.09. The van der Waals surface area contributed by atoms with Gasteiger partial charge in [-0.3, -0.25) is 9.78 Å². The largest absolute Gasteiger partial charge is 0.469 e. The van der Waals surface area contributed by atoms with E-state index >= 15 is 0 Å². The van der Waals surface area contributed by atoms with E-state index in [1.807, 2.05) is 38.2 Å². The average molecular weight is 244 g/mol. The van der Waals surface area contributed by atoms with Crippen molar-refractivity contribution in [3.63, 3.8) is 0 Å². The van der Waals surface area contributed by atoms with Crippen LogP contribution in [-0.2, 0) is 16.0 Å². The van der Waals surface area contributed by atoms with Crippen LogP contribution in [0.4, 0.5) is 5.69 Å². The van der Waals surface area contributed by atoms with Gasteiger partial charge in [-0.1, -0.05) is 18.2 Å². The van der Waals surface area contributed by atoms with Crippen molar-refractivity contribution in [1.29, 1.82) is 0 Å². The number of ether oxygens (including phenoxy) is 1. The number of aromatic nitrogens is 1. The summed E-state index contributed by atoms with van der Waals surface area (Å²) in [6.07, 6.45) is 0.232. The fraction of sp³-hybridized carbons (Fsp3) is 0.286. The Morgan fingerprint density at radius 3 is 2.78 bits per heavy atom. The molecule has 1 aromatic heterocycles. The molecule has 4 nitrogen and oxygen atoms in total. The van der Waals surface area contributed by atoms with Crippen molar-refractivity contribution < 1.29 is 9.53 Å². The third kappa shape index (κ3) is 2.14. The van der Waals surface area contributed by atoms with Gasteiger partial charge < -0.3 is 10.1 Å². The number of anilines is 1. The second-order valence-corrected chi connectivity index (χ2v) is 4.07. The van der Waals surface area contributed by atoms with Crippen LogP contribution >= 0.6 is 0 Å². The van der Waals surface area contributed by atoms with Gasteiger partial charge >= 0.3 is 5.97 Å². The molecule has 4 heteroatoms. The van der Waals surface area contributed by atoms with Gasteiger partial charge in [0.1, 0.15) is 0 Å². The van der Waals surface area contributed by atoms with Crippen LogP contribution in [-0.4, -0.2) is 25.1 Å². The second kappa shape index (κ2) is 5.04. The van der Waals surface area contributed by atoms with Crippen molar-refractivity contribution in [2.24, 2.45) is 0 Å². The molecule has 0 unspecified atom stereocenters. The average Bonchev–Trinajstić information content (AvgIpc) is 2.39. The number of nitrogens with one attached hydrogen (secondary N) is 1. The number of carbonyl (C=O) groups is 1. The summed E-state index contributed by atoms with van der Waals surface area (Å²) in [5, 5.41) is 4.18. The lowest BCUT2D eigenvalue weighted by Crippen LogP contribution is -2.10. The first kappa shape index (κ1) is 12.4. The van der Waals surface area contributed by atoms with Crippen molar-refractivity contribution in [1.82, 2.24) is 4.98 Å². The maximum Gasteiger partial charge on any atom is 0.310 e. The fourth-order valence-electron chi connectivity index (χ4n) is 2.09. The minimum Gasteiger partial charge on any atom is -0.469 e. The number of methoxy groups -OCH3 is 1. The molecule has 2 rings (SSSR count). The lowest BCUT2D eigenvalue weighted by atomic mass is 10.0.